The largest absolute Gasteiger partial charge is 0.469 e. The van der Waals surface area contributed by atoms with Crippen LogP contribution in [0.15, 0.2) is 73.3 Å². The van der Waals surface area contributed by atoms with E-state index in [0.717, 1.165) is 25.7 Å². The van der Waals surface area contributed by atoms with E-state index in [-0.39, 0.29) is 17.1 Å². The fraction of sp³-hybridized carbons (Fsp3) is 0.464. The van der Waals surface area contributed by atoms with Gasteiger partial charge in [0, 0.05) is 6.42 Å². The van der Waals surface area contributed by atoms with Gasteiger partial charge in [0.25, 0.3) is 8.32 Å². The molecule has 0 unspecified atom stereocenters. The molecule has 0 aliphatic heterocycles. The quantitative estimate of drug-likeness (QED) is 0.164. The summed E-state index contributed by atoms with van der Waals surface area (Å²) in [6.07, 6.45) is 5.87. The molecule has 5 heteroatoms. The summed E-state index contributed by atoms with van der Waals surface area (Å²) >= 11 is 0. The second-order valence-corrected chi connectivity index (χ2v) is 13.7. The molecule has 0 spiro atoms. The second-order valence-electron chi connectivity index (χ2n) is 9.39. The highest BCUT2D eigenvalue weighted by Gasteiger charge is 2.50. The lowest BCUT2D eigenvalue weighted by Crippen LogP contribution is -2.67. The molecule has 2 aromatic carbocycles. The lowest BCUT2D eigenvalue weighted by Gasteiger charge is -2.43. The second kappa shape index (κ2) is 13.5. The van der Waals surface area contributed by atoms with Gasteiger partial charge in [-0.05, 0) is 28.3 Å². The fourth-order valence-electron chi connectivity index (χ4n) is 4.32. The molecule has 2 aromatic rings. The van der Waals surface area contributed by atoms with Crippen molar-refractivity contribution in [3.8, 4) is 0 Å². The minimum Gasteiger partial charge on any atom is -0.469 e. The molecule has 0 radical (unpaired) electrons. The van der Waals surface area contributed by atoms with Crippen molar-refractivity contribution in [2.75, 3.05) is 20.3 Å². The minimum absolute atomic E-state index is 0.0252. The van der Waals surface area contributed by atoms with Crippen LogP contribution in [-0.4, -0.2) is 40.7 Å². The van der Waals surface area contributed by atoms with Crippen LogP contribution in [-0.2, 0) is 18.7 Å². The van der Waals surface area contributed by atoms with Crippen LogP contribution in [0.25, 0.3) is 0 Å². The standard InChI is InChI=1S/C28H40O4Si/c1-6-22-31-24(16-10-7-15-21-27(29)30-5)23-32-33(28(2,3)4,25-17-11-8-12-18-25)26-19-13-9-14-20-26/h6,8-9,11-14,17-20,24H,1,7,10,15-16,21-23H2,2-5H3/t24-/m0/s1. The Kier molecular flexibility index (Phi) is 11.0. The van der Waals surface area contributed by atoms with Crippen LogP contribution in [0.2, 0.25) is 5.04 Å². The molecular weight excluding hydrogens is 428 g/mol. The summed E-state index contributed by atoms with van der Waals surface area (Å²) in [4.78, 5) is 11.4. The molecule has 1 atom stereocenters. The smallest absolute Gasteiger partial charge is 0.305 e. The first-order valence-corrected chi connectivity index (χ1v) is 13.8. The summed E-state index contributed by atoms with van der Waals surface area (Å²) in [7, 11) is -1.16. The number of unbranched alkanes of at least 4 members (excludes halogenated alkanes) is 2. The molecule has 2 rings (SSSR count). The first-order valence-electron chi connectivity index (χ1n) is 11.9. The maximum Gasteiger partial charge on any atom is 0.305 e. The zero-order valence-electron chi connectivity index (χ0n) is 20.7. The van der Waals surface area contributed by atoms with Crippen molar-refractivity contribution in [3.05, 3.63) is 73.3 Å². The summed E-state index contributed by atoms with van der Waals surface area (Å²) in [6.45, 7) is 11.7. The molecule has 0 fully saturated rings. The summed E-state index contributed by atoms with van der Waals surface area (Å²) in [5.74, 6) is -0.149. The van der Waals surface area contributed by atoms with Crippen LogP contribution < -0.4 is 10.4 Å². The number of carbonyl (C=O) groups excluding carboxylic acids is 1. The van der Waals surface area contributed by atoms with Crippen LogP contribution in [0.3, 0.4) is 0 Å². The van der Waals surface area contributed by atoms with Gasteiger partial charge in [0.05, 0.1) is 26.4 Å². The Bertz CT molecular complexity index is 790. The van der Waals surface area contributed by atoms with Crippen LogP contribution in [0.1, 0.15) is 52.9 Å². The van der Waals surface area contributed by atoms with Gasteiger partial charge in [0.2, 0.25) is 0 Å². The molecular formula is C28H40O4Si. The molecule has 4 nitrogen and oxygen atoms in total. The number of hydrogen-bond acceptors (Lipinski definition) is 4. The summed E-state index contributed by atoms with van der Waals surface area (Å²) in [6, 6.07) is 21.3. The van der Waals surface area contributed by atoms with Crippen LogP contribution in [0.5, 0.6) is 0 Å². The highest BCUT2D eigenvalue weighted by Crippen LogP contribution is 2.37. The van der Waals surface area contributed by atoms with Gasteiger partial charge in [0.1, 0.15) is 0 Å². The molecule has 180 valence electrons. The van der Waals surface area contributed by atoms with Gasteiger partial charge < -0.3 is 13.9 Å². The normalized spacial score (nSPS) is 12.8. The first-order chi connectivity index (χ1) is 15.8. The van der Waals surface area contributed by atoms with Crippen molar-refractivity contribution in [1.29, 1.82) is 0 Å². The van der Waals surface area contributed by atoms with Gasteiger partial charge in [-0.1, -0.05) is 100 Å². The van der Waals surface area contributed by atoms with Crippen molar-refractivity contribution >= 4 is 24.7 Å². The average molecular weight is 469 g/mol. The maximum atomic E-state index is 11.4. The highest BCUT2D eigenvalue weighted by molar-refractivity contribution is 6.99. The third kappa shape index (κ3) is 7.66. The molecule has 0 heterocycles. The zero-order chi connectivity index (χ0) is 24.2. The van der Waals surface area contributed by atoms with Crippen LogP contribution in [0, 0.1) is 0 Å². The molecule has 33 heavy (non-hydrogen) atoms. The molecule has 0 N–H and O–H groups in total. The van der Waals surface area contributed by atoms with Crippen molar-refractivity contribution < 1.29 is 18.7 Å². The van der Waals surface area contributed by atoms with Gasteiger partial charge in [-0.2, -0.15) is 0 Å². The van der Waals surface area contributed by atoms with Crippen LogP contribution >= 0.6 is 0 Å². The Morgan fingerprint density at radius 1 is 0.970 bits per heavy atom. The Morgan fingerprint density at radius 3 is 2.03 bits per heavy atom. The monoisotopic (exact) mass is 468 g/mol. The van der Waals surface area contributed by atoms with E-state index in [0.29, 0.717) is 19.6 Å². The molecule has 0 aliphatic carbocycles. The predicted octanol–water partition coefficient (Wildman–Crippen LogP) is 5.26. The zero-order valence-corrected chi connectivity index (χ0v) is 21.7. The van der Waals surface area contributed by atoms with E-state index in [1.807, 2.05) is 0 Å². The number of esters is 1. The van der Waals surface area contributed by atoms with E-state index in [9.17, 15) is 4.79 Å². The van der Waals surface area contributed by atoms with Gasteiger partial charge in [-0.25, -0.2) is 0 Å². The number of hydrogen-bond donors (Lipinski definition) is 0. The lowest BCUT2D eigenvalue weighted by molar-refractivity contribution is -0.140. The predicted molar refractivity (Wildman–Crippen MR) is 139 cm³/mol. The molecule has 0 aliphatic rings. The number of methoxy groups -OCH3 is 1. The van der Waals surface area contributed by atoms with Gasteiger partial charge in [-0.15, -0.1) is 6.58 Å². The van der Waals surface area contributed by atoms with Crippen LogP contribution in [0.4, 0.5) is 0 Å². The minimum atomic E-state index is -2.59. The molecule has 0 saturated carbocycles. The number of carbonyl (C=O) groups is 1. The van der Waals surface area contributed by atoms with Crippen molar-refractivity contribution in [3.63, 3.8) is 0 Å². The fourth-order valence-corrected chi connectivity index (χ4v) is 8.91. The van der Waals surface area contributed by atoms with E-state index in [4.69, 9.17) is 13.9 Å². The van der Waals surface area contributed by atoms with Gasteiger partial charge >= 0.3 is 5.97 Å². The molecule has 0 bridgehead atoms. The summed E-state index contributed by atoms with van der Waals surface area (Å²) in [5.41, 5.74) is 0. The highest BCUT2D eigenvalue weighted by atomic mass is 28.4. The molecule has 0 saturated heterocycles. The maximum absolute atomic E-state index is 11.4. The summed E-state index contributed by atoms with van der Waals surface area (Å²) < 4.78 is 17.9. The van der Waals surface area contributed by atoms with E-state index in [2.05, 4.69) is 88.0 Å². The Morgan fingerprint density at radius 2 is 1.55 bits per heavy atom. The first kappa shape index (κ1) is 27.0. The molecule has 0 amide bonds. The van der Waals surface area contributed by atoms with Crippen molar-refractivity contribution in [2.45, 2.75) is 64.0 Å². The third-order valence-electron chi connectivity index (χ3n) is 5.99. The van der Waals surface area contributed by atoms with E-state index >= 15 is 0 Å². The van der Waals surface area contributed by atoms with E-state index in [1.54, 1.807) is 6.08 Å². The number of rotatable bonds is 14. The molecule has 0 aromatic heterocycles. The number of ether oxygens (including phenoxy) is 2. The van der Waals surface area contributed by atoms with Crippen molar-refractivity contribution in [2.24, 2.45) is 0 Å². The lowest BCUT2D eigenvalue weighted by atomic mass is 10.1. The van der Waals surface area contributed by atoms with E-state index in [1.165, 1.54) is 17.5 Å². The van der Waals surface area contributed by atoms with Gasteiger partial charge in [0.15, 0.2) is 0 Å². The average Bonchev–Trinajstić information content (AvgIpc) is 2.82. The Balaban J connectivity index is 2.22. The SMILES string of the molecule is C=CCO[C@@H](CCCCCC(=O)OC)CO[Si](c1ccccc1)(c1ccccc1)C(C)(C)C. The van der Waals surface area contributed by atoms with E-state index < -0.39 is 8.32 Å². The summed E-state index contributed by atoms with van der Waals surface area (Å²) in [5, 5.41) is 2.47. The topological polar surface area (TPSA) is 44.8 Å². The third-order valence-corrected chi connectivity index (χ3v) is 11.0. The number of benzene rings is 2. The Labute approximate surface area is 201 Å². The van der Waals surface area contributed by atoms with Crippen molar-refractivity contribution in [1.82, 2.24) is 0 Å². The Hall–Kier alpha value is -2.21. The van der Waals surface area contributed by atoms with Gasteiger partial charge in [-0.3, -0.25) is 4.79 Å².